The van der Waals surface area contributed by atoms with Crippen LogP contribution in [0.1, 0.15) is 61.4 Å². The summed E-state index contributed by atoms with van der Waals surface area (Å²) in [5, 5.41) is 21.9. The highest BCUT2D eigenvalue weighted by atomic mass is 35.5. The number of aliphatic carboxylic acids is 1. The molecule has 0 saturated heterocycles. The molecule has 1 aliphatic heterocycles. The number of fused-ring (bicyclic) bond motifs is 3. The van der Waals surface area contributed by atoms with Gasteiger partial charge in [0.05, 0.1) is 23.8 Å². The highest BCUT2D eigenvalue weighted by Crippen LogP contribution is 2.53. The van der Waals surface area contributed by atoms with E-state index in [1.165, 1.54) is 24.3 Å². The first kappa shape index (κ1) is 29.3. The number of carbonyl (C=O) groups excluding carboxylic acids is 2. The first-order valence-electron chi connectivity index (χ1n) is 13.6. The molecule has 1 saturated carbocycles. The van der Waals surface area contributed by atoms with Crippen molar-refractivity contribution in [3.05, 3.63) is 59.8 Å². The molecule has 3 unspecified atom stereocenters. The fraction of sp³-hybridized carbons (Fsp3) is 0.379. The Morgan fingerprint density at radius 2 is 1.90 bits per heavy atom. The molecule has 3 aromatic rings. The Morgan fingerprint density at radius 1 is 1.17 bits per heavy atom. The number of ether oxygens (including phenoxy) is 1. The molecule has 222 valence electrons. The second-order valence-electron chi connectivity index (χ2n) is 10.7. The van der Waals surface area contributed by atoms with Gasteiger partial charge < -0.3 is 25.4 Å². The number of rotatable bonds is 10. The predicted octanol–water partition coefficient (Wildman–Crippen LogP) is 5.32. The number of carbonyl (C=O) groups is 3. The van der Waals surface area contributed by atoms with E-state index in [1.807, 2.05) is 12.1 Å². The average Bonchev–Trinajstić information content (AvgIpc) is 3.65. The van der Waals surface area contributed by atoms with Crippen LogP contribution in [0.2, 0.25) is 0 Å². The van der Waals surface area contributed by atoms with Crippen LogP contribution in [0, 0.1) is 0 Å². The fourth-order valence-electron chi connectivity index (χ4n) is 6.03. The number of anilines is 2. The lowest BCUT2D eigenvalue weighted by molar-refractivity contribution is -0.138. The number of aromatic amines is 1. The third-order valence-electron chi connectivity index (χ3n) is 7.60. The third-order valence-corrected chi connectivity index (χ3v) is 7.68. The highest BCUT2D eigenvalue weighted by Gasteiger charge is 2.49. The molecule has 10 nitrogen and oxygen atoms in total. The van der Waals surface area contributed by atoms with Gasteiger partial charge >= 0.3 is 11.5 Å². The zero-order valence-corrected chi connectivity index (χ0v) is 23.6. The van der Waals surface area contributed by atoms with E-state index >= 15 is 0 Å². The van der Waals surface area contributed by atoms with E-state index in [9.17, 15) is 23.2 Å². The molecule has 4 N–H and O–H groups in total. The van der Waals surface area contributed by atoms with E-state index in [4.69, 9.17) is 16.7 Å². The molecule has 2 heterocycles. The quantitative estimate of drug-likeness (QED) is 0.231. The number of benzene rings is 2. The summed E-state index contributed by atoms with van der Waals surface area (Å²) in [6.45, 7) is 4.14. The van der Waals surface area contributed by atoms with E-state index in [0.717, 1.165) is 28.9 Å². The molecular formula is C29H30ClF2N5O5. The molecule has 2 amide bonds. The van der Waals surface area contributed by atoms with E-state index in [1.54, 1.807) is 12.3 Å². The molecule has 0 bridgehead atoms. The first-order chi connectivity index (χ1) is 19.9. The minimum absolute atomic E-state index is 0.0234. The van der Waals surface area contributed by atoms with Crippen LogP contribution in [0.5, 0.6) is 5.75 Å². The Morgan fingerprint density at radius 3 is 2.52 bits per heavy atom. The molecule has 0 spiro atoms. The second-order valence-corrected chi connectivity index (χ2v) is 11.1. The van der Waals surface area contributed by atoms with Gasteiger partial charge in [-0.25, -0.2) is 0 Å². The van der Waals surface area contributed by atoms with E-state index < -0.39 is 17.4 Å². The number of halogens is 3. The van der Waals surface area contributed by atoms with Crippen molar-refractivity contribution >= 4 is 40.8 Å². The molecule has 5 rings (SSSR count). The van der Waals surface area contributed by atoms with Crippen molar-refractivity contribution < 1.29 is 33.0 Å². The maximum absolute atomic E-state index is 13.5. The summed E-state index contributed by atoms with van der Waals surface area (Å²) in [5.41, 5.74) is 0.347. The van der Waals surface area contributed by atoms with Crippen molar-refractivity contribution in [1.82, 2.24) is 15.5 Å². The molecule has 3 atom stereocenters. The van der Waals surface area contributed by atoms with Crippen LogP contribution in [-0.2, 0) is 9.59 Å². The van der Waals surface area contributed by atoms with Gasteiger partial charge in [-0.3, -0.25) is 19.5 Å². The Bertz CT molecular complexity index is 1480. The number of carboxylic acids is 1. The lowest BCUT2D eigenvalue weighted by atomic mass is 9.92. The lowest BCUT2D eigenvalue weighted by Crippen LogP contribution is -2.50. The van der Waals surface area contributed by atoms with Crippen LogP contribution in [0.15, 0.2) is 48.7 Å². The number of nitrogens with one attached hydrogen (secondary N) is 3. The fourth-order valence-corrected chi connectivity index (χ4v) is 6.12. The number of nitrogens with zero attached hydrogens (tertiary/aromatic N) is 2. The Labute approximate surface area is 245 Å². The van der Waals surface area contributed by atoms with Gasteiger partial charge in [-0.05, 0) is 74.7 Å². The summed E-state index contributed by atoms with van der Waals surface area (Å²) in [4.78, 5) is 39.3. The summed E-state index contributed by atoms with van der Waals surface area (Å²) in [5.74, 6) is -1.86. The molecular weight excluding hydrogens is 572 g/mol. The van der Waals surface area contributed by atoms with Crippen molar-refractivity contribution in [2.45, 2.75) is 69.1 Å². The van der Waals surface area contributed by atoms with Crippen molar-refractivity contribution in [1.29, 1.82) is 0 Å². The van der Waals surface area contributed by atoms with Gasteiger partial charge in [0, 0.05) is 59.0 Å². The van der Waals surface area contributed by atoms with Gasteiger partial charge in [-0.2, -0.15) is 5.10 Å². The molecule has 13 heteroatoms. The minimum Gasteiger partial charge on any atom is -0.481 e. The number of hydrogen-bond donors (Lipinski definition) is 4. The topological polar surface area (TPSA) is 137 Å². The smallest absolute Gasteiger partial charge is 0.481 e. The number of carboxylic acid groups (broad SMARTS) is 1. The molecule has 1 aliphatic carbocycles. The number of aromatic nitrogens is 2. The molecule has 1 aromatic heterocycles. The monoisotopic (exact) mass is 601 g/mol. The maximum Gasteiger partial charge on any atom is 0.487 e. The van der Waals surface area contributed by atoms with E-state index in [-0.39, 0.29) is 48.5 Å². The van der Waals surface area contributed by atoms with Crippen LogP contribution in [0.3, 0.4) is 0 Å². The van der Waals surface area contributed by atoms with Crippen molar-refractivity contribution in [2.75, 3.05) is 10.2 Å². The number of amides is 2. The van der Waals surface area contributed by atoms with Gasteiger partial charge in [-0.1, -0.05) is 0 Å². The van der Waals surface area contributed by atoms with E-state index in [2.05, 4.69) is 44.3 Å². The van der Waals surface area contributed by atoms with Crippen LogP contribution in [-0.4, -0.2) is 56.8 Å². The van der Waals surface area contributed by atoms with Crippen LogP contribution < -0.4 is 20.3 Å². The molecule has 2 aliphatic rings. The van der Waals surface area contributed by atoms with Gasteiger partial charge in [0.25, 0.3) is 5.91 Å². The number of alkyl halides is 3. The maximum atomic E-state index is 13.5. The van der Waals surface area contributed by atoms with Gasteiger partial charge in [0.15, 0.2) is 0 Å². The SMILES string of the molecule is CC(C)N1c2c(-c3ccn[nH]3)cc(C(=O)Nc3ccc(OC(F)(F)Cl)cc3)cc2C2CCC(NC(=O)CCC(=O)O)C21. The largest absolute Gasteiger partial charge is 0.487 e. The molecule has 42 heavy (non-hydrogen) atoms. The van der Waals surface area contributed by atoms with Crippen LogP contribution in [0.25, 0.3) is 11.3 Å². The van der Waals surface area contributed by atoms with Gasteiger partial charge in [-0.15, -0.1) is 8.78 Å². The Balaban J connectivity index is 1.46. The summed E-state index contributed by atoms with van der Waals surface area (Å²) in [7, 11) is 0. The summed E-state index contributed by atoms with van der Waals surface area (Å²) < 4.78 is 30.2. The minimum atomic E-state index is -3.85. The predicted molar refractivity (Wildman–Crippen MR) is 152 cm³/mol. The molecule has 0 radical (unpaired) electrons. The first-order valence-corrected chi connectivity index (χ1v) is 13.9. The summed E-state index contributed by atoms with van der Waals surface area (Å²) in [6, 6.07) is 10.7. The van der Waals surface area contributed by atoms with Crippen molar-refractivity contribution in [3.63, 3.8) is 0 Å². The Kier molecular flexibility index (Phi) is 8.09. The molecule has 1 fully saturated rings. The molecule has 2 aromatic carbocycles. The van der Waals surface area contributed by atoms with Crippen LogP contribution in [0.4, 0.5) is 20.2 Å². The third kappa shape index (κ3) is 6.18. The van der Waals surface area contributed by atoms with Crippen molar-refractivity contribution in [3.8, 4) is 17.0 Å². The summed E-state index contributed by atoms with van der Waals surface area (Å²) >= 11 is 4.82. The zero-order valence-electron chi connectivity index (χ0n) is 22.9. The Hall–Kier alpha value is -4.19. The van der Waals surface area contributed by atoms with Crippen LogP contribution >= 0.6 is 11.6 Å². The normalized spacial score (nSPS) is 19.4. The number of H-pyrrole nitrogens is 1. The highest BCUT2D eigenvalue weighted by molar-refractivity contribution is 6.20. The van der Waals surface area contributed by atoms with Gasteiger partial charge in [0.1, 0.15) is 5.75 Å². The zero-order chi connectivity index (χ0) is 30.2. The summed E-state index contributed by atoms with van der Waals surface area (Å²) in [6.07, 6.45) is 2.78. The average molecular weight is 602 g/mol. The number of hydrogen-bond acceptors (Lipinski definition) is 6. The van der Waals surface area contributed by atoms with Gasteiger partial charge in [0.2, 0.25) is 5.91 Å². The standard InChI is InChI=1S/C29H30ClF2N5O5/c1-15(2)37-26-20(19-7-8-23(27(19)37)35-24(38)9-10-25(39)40)13-16(14-21(26)22-11-12-33-36-22)28(41)34-17-3-5-18(6-4-17)42-29(30,31)32/h3-6,11-15,19,23,27H,7-10H2,1-2H3,(H,33,36)(H,34,41)(H,35,38)(H,39,40). The lowest BCUT2D eigenvalue weighted by Gasteiger charge is -2.36. The van der Waals surface area contributed by atoms with E-state index in [0.29, 0.717) is 17.7 Å². The second kappa shape index (κ2) is 11.6. The van der Waals surface area contributed by atoms with Crippen molar-refractivity contribution in [2.24, 2.45) is 0 Å².